The summed E-state index contributed by atoms with van der Waals surface area (Å²) in [6, 6.07) is 13.0. The number of rotatable bonds is 6. The van der Waals surface area contributed by atoms with E-state index in [1.165, 1.54) is 6.42 Å². The Labute approximate surface area is 179 Å². The number of carbonyl (C=O) groups is 2. The highest BCUT2D eigenvalue weighted by Gasteiger charge is 2.20. The van der Waals surface area contributed by atoms with Crippen LogP contribution in [0.3, 0.4) is 0 Å². The molecule has 0 bridgehead atoms. The molecule has 1 atom stereocenters. The summed E-state index contributed by atoms with van der Waals surface area (Å²) in [6.07, 6.45) is 4.35. The number of aryl methyl sites for hydroxylation is 1. The summed E-state index contributed by atoms with van der Waals surface area (Å²) >= 11 is 0. The molecule has 0 saturated carbocycles. The van der Waals surface area contributed by atoms with Crippen LogP contribution in [-0.4, -0.2) is 31.1 Å². The van der Waals surface area contributed by atoms with E-state index >= 15 is 0 Å². The van der Waals surface area contributed by atoms with Crippen molar-refractivity contribution in [2.24, 2.45) is 0 Å². The molecule has 2 aromatic carbocycles. The summed E-state index contributed by atoms with van der Waals surface area (Å²) in [5.41, 5.74) is 3.93. The molecule has 1 fully saturated rings. The van der Waals surface area contributed by atoms with E-state index in [0.29, 0.717) is 11.3 Å². The molecule has 6 nitrogen and oxygen atoms in total. The third-order valence-corrected chi connectivity index (χ3v) is 5.46. The molecule has 160 valence electrons. The number of benzene rings is 2. The number of hydrogen-bond donors (Lipinski definition) is 3. The first-order valence-corrected chi connectivity index (χ1v) is 10.8. The summed E-state index contributed by atoms with van der Waals surface area (Å²) in [7, 11) is 0. The van der Waals surface area contributed by atoms with Gasteiger partial charge in [0.15, 0.2) is 0 Å². The van der Waals surface area contributed by atoms with Crippen LogP contribution >= 0.6 is 0 Å². The number of nitrogens with zero attached hydrogens (tertiary/aromatic N) is 1. The van der Waals surface area contributed by atoms with Crippen LogP contribution in [0, 0.1) is 6.92 Å². The van der Waals surface area contributed by atoms with Crippen molar-refractivity contribution < 1.29 is 9.59 Å². The van der Waals surface area contributed by atoms with Crippen LogP contribution in [0.4, 0.5) is 21.9 Å². The van der Waals surface area contributed by atoms with E-state index < -0.39 is 0 Å². The fourth-order valence-electron chi connectivity index (χ4n) is 3.63. The smallest absolute Gasteiger partial charge is 0.323 e. The number of urea groups is 1. The second-order valence-corrected chi connectivity index (χ2v) is 8.01. The summed E-state index contributed by atoms with van der Waals surface area (Å²) in [5.74, 6) is -0.104. The van der Waals surface area contributed by atoms with Gasteiger partial charge in [-0.1, -0.05) is 19.1 Å². The van der Waals surface area contributed by atoms with Gasteiger partial charge < -0.3 is 20.9 Å². The Bertz CT molecular complexity index is 891. The minimum Gasteiger partial charge on any atom is -0.371 e. The van der Waals surface area contributed by atoms with E-state index in [-0.39, 0.29) is 18.0 Å². The second kappa shape index (κ2) is 10.1. The van der Waals surface area contributed by atoms with E-state index in [0.717, 1.165) is 49.3 Å². The predicted octanol–water partition coefficient (Wildman–Crippen LogP) is 5.16. The molecule has 1 aliphatic rings. The molecule has 30 heavy (non-hydrogen) atoms. The highest BCUT2D eigenvalue weighted by molar-refractivity contribution is 6.04. The molecular weight excluding hydrogens is 376 g/mol. The van der Waals surface area contributed by atoms with Gasteiger partial charge in [0, 0.05) is 36.2 Å². The zero-order valence-electron chi connectivity index (χ0n) is 18.1. The molecule has 0 radical (unpaired) electrons. The first-order chi connectivity index (χ1) is 14.5. The zero-order valence-corrected chi connectivity index (χ0v) is 18.1. The molecule has 1 heterocycles. The van der Waals surface area contributed by atoms with E-state index in [2.05, 4.69) is 20.9 Å². The molecule has 6 heteroatoms. The lowest BCUT2D eigenvalue weighted by Crippen LogP contribution is -2.35. The number of amides is 3. The van der Waals surface area contributed by atoms with Crippen molar-refractivity contribution in [1.29, 1.82) is 0 Å². The lowest BCUT2D eigenvalue weighted by Gasteiger charge is -2.31. The van der Waals surface area contributed by atoms with Gasteiger partial charge >= 0.3 is 6.03 Å². The summed E-state index contributed by atoms with van der Waals surface area (Å²) in [6.45, 7) is 7.92. The lowest BCUT2D eigenvalue weighted by atomic mass is 10.1. The zero-order chi connectivity index (χ0) is 21.5. The number of hydrogen-bond acceptors (Lipinski definition) is 3. The van der Waals surface area contributed by atoms with Crippen molar-refractivity contribution in [2.45, 2.75) is 52.5 Å². The Hall–Kier alpha value is -3.02. The van der Waals surface area contributed by atoms with Crippen molar-refractivity contribution in [3.05, 3.63) is 53.6 Å². The molecule has 0 spiro atoms. The molecule has 1 saturated heterocycles. The van der Waals surface area contributed by atoms with E-state index in [1.807, 2.05) is 57.2 Å². The van der Waals surface area contributed by atoms with Gasteiger partial charge in [0.05, 0.1) is 5.56 Å². The van der Waals surface area contributed by atoms with Gasteiger partial charge in [-0.15, -0.1) is 0 Å². The number of anilines is 3. The summed E-state index contributed by atoms with van der Waals surface area (Å²) < 4.78 is 0. The van der Waals surface area contributed by atoms with E-state index in [1.54, 1.807) is 6.07 Å². The maximum atomic E-state index is 13.0. The van der Waals surface area contributed by atoms with Gasteiger partial charge in [0.2, 0.25) is 0 Å². The maximum absolute atomic E-state index is 13.0. The topological polar surface area (TPSA) is 73.5 Å². The average molecular weight is 409 g/mol. The molecule has 3 rings (SSSR count). The molecule has 0 aromatic heterocycles. The minimum absolute atomic E-state index is 0.0907. The third kappa shape index (κ3) is 5.75. The number of nitrogens with one attached hydrogen (secondary N) is 3. The maximum Gasteiger partial charge on any atom is 0.323 e. The fraction of sp³-hybridized carbons (Fsp3) is 0.417. The van der Waals surface area contributed by atoms with Crippen molar-refractivity contribution in [3.8, 4) is 0 Å². The highest BCUT2D eigenvalue weighted by atomic mass is 16.2. The largest absolute Gasteiger partial charge is 0.371 e. The molecular formula is C24H32N4O2. The molecule has 1 aliphatic heterocycles. The Kier molecular flexibility index (Phi) is 7.33. The van der Waals surface area contributed by atoms with Gasteiger partial charge in [-0.05, 0) is 75.4 Å². The molecule has 0 unspecified atom stereocenters. The highest BCUT2D eigenvalue weighted by Crippen LogP contribution is 2.27. The molecule has 3 N–H and O–H groups in total. The van der Waals surface area contributed by atoms with Gasteiger partial charge in [0.1, 0.15) is 0 Å². The quantitative estimate of drug-likeness (QED) is 0.618. The lowest BCUT2D eigenvalue weighted by molar-refractivity contribution is 0.0939. The van der Waals surface area contributed by atoms with E-state index in [9.17, 15) is 9.59 Å². The average Bonchev–Trinajstić information content (AvgIpc) is 2.74. The van der Waals surface area contributed by atoms with Gasteiger partial charge in [-0.25, -0.2) is 4.79 Å². The van der Waals surface area contributed by atoms with Crippen LogP contribution < -0.4 is 20.9 Å². The molecule has 3 amide bonds. The monoisotopic (exact) mass is 408 g/mol. The predicted molar refractivity (Wildman–Crippen MR) is 124 cm³/mol. The first kappa shape index (κ1) is 21.7. The van der Waals surface area contributed by atoms with Crippen LogP contribution in [0.1, 0.15) is 55.5 Å². The van der Waals surface area contributed by atoms with Crippen LogP contribution in [0.15, 0.2) is 42.5 Å². The van der Waals surface area contributed by atoms with Crippen molar-refractivity contribution in [3.63, 3.8) is 0 Å². The Morgan fingerprint density at radius 2 is 1.70 bits per heavy atom. The number of piperidine rings is 1. The Morgan fingerprint density at radius 3 is 2.37 bits per heavy atom. The molecule has 0 aliphatic carbocycles. The van der Waals surface area contributed by atoms with Gasteiger partial charge in [0.25, 0.3) is 5.91 Å². The van der Waals surface area contributed by atoms with Crippen LogP contribution in [0.25, 0.3) is 0 Å². The Balaban J connectivity index is 1.80. The van der Waals surface area contributed by atoms with Crippen molar-refractivity contribution >= 4 is 29.0 Å². The summed E-state index contributed by atoms with van der Waals surface area (Å²) in [4.78, 5) is 27.7. The van der Waals surface area contributed by atoms with Crippen LogP contribution in [-0.2, 0) is 0 Å². The van der Waals surface area contributed by atoms with Gasteiger partial charge in [-0.3, -0.25) is 4.79 Å². The minimum atomic E-state index is -0.334. The molecule has 2 aromatic rings. The SMILES string of the molecule is CC[C@@H](C)NC(=O)c1cc(NC(=O)Nc2cccc(C)c2)ccc1N1CCCCC1. The first-order valence-electron chi connectivity index (χ1n) is 10.8. The Morgan fingerprint density at radius 1 is 1.00 bits per heavy atom. The summed E-state index contributed by atoms with van der Waals surface area (Å²) in [5, 5.41) is 8.75. The van der Waals surface area contributed by atoms with E-state index in [4.69, 9.17) is 0 Å². The van der Waals surface area contributed by atoms with Crippen molar-refractivity contribution in [2.75, 3.05) is 28.6 Å². The standard InChI is InChI=1S/C24H32N4O2/c1-4-18(3)25-23(29)21-16-20(11-12-22(21)28-13-6-5-7-14-28)27-24(30)26-19-10-8-9-17(2)15-19/h8-12,15-16,18H,4-7,13-14H2,1-3H3,(H,25,29)(H2,26,27,30)/t18-/m1/s1. The van der Waals surface area contributed by atoms with Crippen LogP contribution in [0.2, 0.25) is 0 Å². The fourth-order valence-corrected chi connectivity index (χ4v) is 3.63. The van der Waals surface area contributed by atoms with Crippen molar-refractivity contribution in [1.82, 2.24) is 5.32 Å². The normalized spacial score (nSPS) is 14.7. The number of carbonyl (C=O) groups excluding carboxylic acids is 2. The second-order valence-electron chi connectivity index (χ2n) is 8.01. The third-order valence-electron chi connectivity index (χ3n) is 5.46. The van der Waals surface area contributed by atoms with Gasteiger partial charge in [-0.2, -0.15) is 0 Å². The van der Waals surface area contributed by atoms with Crippen LogP contribution in [0.5, 0.6) is 0 Å².